The smallest absolute Gasteiger partial charge is 0.351 e. The highest BCUT2D eigenvalue weighted by molar-refractivity contribution is 7.82. The van der Waals surface area contributed by atoms with E-state index in [9.17, 15) is 31.0 Å². The quantitative estimate of drug-likeness (QED) is 0.429. The van der Waals surface area contributed by atoms with Crippen molar-refractivity contribution in [2.75, 3.05) is 6.54 Å². The standard InChI is InChI=1S/C24H22F5N3O2S/c1-15(2)32(35(34)21-6-4-19(25)5-7-21)14-23(33)31-12-16-9-18(11-20(26)10-16)17-3-8-22(30-13-17)24(27,28)29/h3-11,13,15H,12,14H2,1-2H3,(H,31,33). The van der Waals surface area contributed by atoms with Crippen LogP contribution in [0, 0.1) is 11.6 Å². The van der Waals surface area contributed by atoms with Gasteiger partial charge in [-0.3, -0.25) is 9.78 Å². The summed E-state index contributed by atoms with van der Waals surface area (Å²) in [6, 6.07) is 10.7. The molecule has 0 spiro atoms. The SMILES string of the molecule is CC(C)N(CC(=O)NCc1cc(F)cc(-c2ccc(C(F)(F)F)nc2)c1)S(=O)c1ccc(F)cc1. The summed E-state index contributed by atoms with van der Waals surface area (Å²) in [6.45, 7) is 3.22. The molecule has 0 aliphatic rings. The van der Waals surface area contributed by atoms with E-state index in [0.717, 1.165) is 18.3 Å². The summed E-state index contributed by atoms with van der Waals surface area (Å²) in [7, 11) is -1.71. The van der Waals surface area contributed by atoms with Crippen molar-refractivity contribution in [1.82, 2.24) is 14.6 Å². The Labute approximate surface area is 201 Å². The van der Waals surface area contributed by atoms with E-state index in [0.29, 0.717) is 16.0 Å². The number of carbonyl (C=O) groups is 1. The van der Waals surface area contributed by atoms with E-state index < -0.39 is 40.4 Å². The first-order chi connectivity index (χ1) is 16.4. The molecular weight excluding hydrogens is 489 g/mol. The number of hydrogen-bond donors (Lipinski definition) is 1. The molecule has 11 heteroatoms. The van der Waals surface area contributed by atoms with E-state index in [1.54, 1.807) is 13.8 Å². The van der Waals surface area contributed by atoms with Crippen molar-refractivity contribution in [3.63, 3.8) is 0 Å². The van der Waals surface area contributed by atoms with Crippen molar-refractivity contribution in [1.29, 1.82) is 0 Å². The maximum atomic E-state index is 14.2. The number of nitrogens with one attached hydrogen (secondary N) is 1. The van der Waals surface area contributed by atoms with E-state index in [1.165, 1.54) is 46.8 Å². The monoisotopic (exact) mass is 511 g/mol. The molecule has 1 aromatic heterocycles. The van der Waals surface area contributed by atoms with Gasteiger partial charge < -0.3 is 5.32 Å². The van der Waals surface area contributed by atoms with Crippen LogP contribution in [0.2, 0.25) is 0 Å². The summed E-state index contributed by atoms with van der Waals surface area (Å²) < 4.78 is 79.8. The highest BCUT2D eigenvalue weighted by atomic mass is 32.2. The van der Waals surface area contributed by atoms with E-state index in [-0.39, 0.29) is 24.7 Å². The van der Waals surface area contributed by atoms with E-state index >= 15 is 0 Å². The number of amides is 1. The lowest BCUT2D eigenvalue weighted by molar-refractivity contribution is -0.141. The Balaban J connectivity index is 1.68. The molecule has 1 atom stereocenters. The first-order valence-electron chi connectivity index (χ1n) is 10.5. The molecule has 0 fully saturated rings. The van der Waals surface area contributed by atoms with Gasteiger partial charge in [0, 0.05) is 24.3 Å². The number of nitrogens with zero attached hydrogens (tertiary/aromatic N) is 2. The zero-order chi connectivity index (χ0) is 25.8. The summed E-state index contributed by atoms with van der Waals surface area (Å²) in [4.78, 5) is 16.3. The largest absolute Gasteiger partial charge is 0.433 e. The van der Waals surface area contributed by atoms with Crippen molar-refractivity contribution >= 4 is 16.9 Å². The molecule has 5 nitrogen and oxygen atoms in total. The minimum Gasteiger partial charge on any atom is -0.351 e. The highest BCUT2D eigenvalue weighted by Crippen LogP contribution is 2.29. The molecule has 0 aliphatic carbocycles. The van der Waals surface area contributed by atoms with Gasteiger partial charge in [0.2, 0.25) is 5.91 Å². The van der Waals surface area contributed by atoms with Crippen molar-refractivity contribution in [3.05, 3.63) is 83.7 Å². The Hall–Kier alpha value is -3.18. The van der Waals surface area contributed by atoms with Gasteiger partial charge in [0.1, 0.15) is 28.3 Å². The molecule has 0 aliphatic heterocycles. The van der Waals surface area contributed by atoms with E-state index in [2.05, 4.69) is 10.3 Å². The van der Waals surface area contributed by atoms with Crippen LogP contribution in [0.1, 0.15) is 25.1 Å². The third kappa shape index (κ3) is 7.15. The third-order valence-electron chi connectivity index (χ3n) is 4.94. The van der Waals surface area contributed by atoms with Gasteiger partial charge in [-0.25, -0.2) is 17.3 Å². The number of benzene rings is 2. The molecule has 1 heterocycles. The van der Waals surface area contributed by atoms with Gasteiger partial charge in [0.05, 0.1) is 11.4 Å². The molecule has 186 valence electrons. The van der Waals surface area contributed by atoms with Crippen LogP contribution in [-0.2, 0) is 28.5 Å². The number of carbonyl (C=O) groups excluding carboxylic acids is 1. The lowest BCUT2D eigenvalue weighted by Gasteiger charge is -2.24. The predicted octanol–water partition coefficient (Wildman–Crippen LogP) is 5.10. The van der Waals surface area contributed by atoms with Crippen molar-refractivity contribution in [2.24, 2.45) is 0 Å². The lowest BCUT2D eigenvalue weighted by atomic mass is 10.0. The van der Waals surface area contributed by atoms with Crippen LogP contribution in [0.5, 0.6) is 0 Å². The molecule has 0 saturated heterocycles. The van der Waals surface area contributed by atoms with Crippen molar-refractivity contribution in [2.45, 2.75) is 37.5 Å². The fourth-order valence-corrected chi connectivity index (χ4v) is 4.43. The van der Waals surface area contributed by atoms with Gasteiger partial charge in [-0.1, -0.05) is 6.07 Å². The Kier molecular flexibility index (Phi) is 8.34. The zero-order valence-corrected chi connectivity index (χ0v) is 19.6. The first kappa shape index (κ1) is 26.4. The van der Waals surface area contributed by atoms with Crippen molar-refractivity contribution in [3.8, 4) is 11.1 Å². The van der Waals surface area contributed by atoms with Gasteiger partial charge in [0.25, 0.3) is 0 Å². The lowest BCUT2D eigenvalue weighted by Crippen LogP contribution is -2.41. The molecule has 0 saturated carbocycles. The molecule has 0 bridgehead atoms. The maximum absolute atomic E-state index is 14.2. The molecule has 1 unspecified atom stereocenters. The van der Waals surface area contributed by atoms with Gasteiger partial charge in [-0.15, -0.1) is 0 Å². The van der Waals surface area contributed by atoms with Crippen LogP contribution in [0.15, 0.2) is 65.7 Å². The Bertz CT molecular complexity index is 1200. The fraction of sp³-hybridized carbons (Fsp3) is 0.250. The van der Waals surface area contributed by atoms with E-state index in [1.807, 2.05) is 0 Å². The second kappa shape index (κ2) is 11.0. The molecular formula is C24H22F5N3O2S. The second-order valence-electron chi connectivity index (χ2n) is 7.93. The molecule has 1 amide bonds. The normalized spacial score (nSPS) is 12.7. The number of pyridine rings is 1. The van der Waals surface area contributed by atoms with Crippen LogP contribution >= 0.6 is 0 Å². The molecule has 1 N–H and O–H groups in total. The van der Waals surface area contributed by atoms with Gasteiger partial charge >= 0.3 is 6.18 Å². The second-order valence-corrected chi connectivity index (χ2v) is 9.37. The average molecular weight is 512 g/mol. The molecule has 3 rings (SSSR count). The summed E-state index contributed by atoms with van der Waals surface area (Å²) in [5, 5.41) is 2.63. The topological polar surface area (TPSA) is 62.3 Å². The molecule has 35 heavy (non-hydrogen) atoms. The Morgan fingerprint density at radius 2 is 1.69 bits per heavy atom. The first-order valence-corrected chi connectivity index (χ1v) is 11.6. The molecule has 2 aromatic carbocycles. The Morgan fingerprint density at radius 1 is 1.00 bits per heavy atom. The van der Waals surface area contributed by atoms with Crippen LogP contribution in [0.3, 0.4) is 0 Å². The average Bonchev–Trinajstić information content (AvgIpc) is 2.80. The minimum atomic E-state index is -4.58. The summed E-state index contributed by atoms with van der Waals surface area (Å²) in [6.07, 6.45) is -3.58. The third-order valence-corrected chi connectivity index (χ3v) is 6.59. The number of aromatic nitrogens is 1. The van der Waals surface area contributed by atoms with Crippen LogP contribution in [-0.4, -0.2) is 32.0 Å². The van der Waals surface area contributed by atoms with E-state index in [4.69, 9.17) is 0 Å². The van der Waals surface area contributed by atoms with Crippen LogP contribution in [0.4, 0.5) is 22.0 Å². The van der Waals surface area contributed by atoms with Gasteiger partial charge in [-0.2, -0.15) is 13.2 Å². The molecule has 0 radical (unpaired) electrons. The number of hydrogen-bond acceptors (Lipinski definition) is 3. The van der Waals surface area contributed by atoms with Gasteiger partial charge in [-0.05, 0) is 73.5 Å². The fourth-order valence-electron chi connectivity index (χ4n) is 3.17. The predicted molar refractivity (Wildman–Crippen MR) is 121 cm³/mol. The van der Waals surface area contributed by atoms with Crippen molar-refractivity contribution < 1.29 is 31.0 Å². The number of rotatable bonds is 8. The highest BCUT2D eigenvalue weighted by Gasteiger charge is 2.32. The minimum absolute atomic E-state index is 0.0627. The molecule has 3 aromatic rings. The Morgan fingerprint density at radius 3 is 2.26 bits per heavy atom. The van der Waals surface area contributed by atoms with Crippen LogP contribution in [0.25, 0.3) is 11.1 Å². The van der Waals surface area contributed by atoms with Crippen LogP contribution < -0.4 is 5.32 Å². The number of alkyl halides is 3. The zero-order valence-electron chi connectivity index (χ0n) is 18.8. The summed E-state index contributed by atoms with van der Waals surface area (Å²) in [5.41, 5.74) is -0.0932. The van der Waals surface area contributed by atoms with Gasteiger partial charge in [0.15, 0.2) is 0 Å². The summed E-state index contributed by atoms with van der Waals surface area (Å²) in [5.74, 6) is -1.58. The summed E-state index contributed by atoms with van der Waals surface area (Å²) >= 11 is 0. The number of halogens is 5. The maximum Gasteiger partial charge on any atom is 0.433 e.